The van der Waals surface area contributed by atoms with Crippen molar-refractivity contribution in [1.82, 2.24) is 4.90 Å². The molecule has 4 nitrogen and oxygen atoms in total. The lowest BCUT2D eigenvalue weighted by Crippen LogP contribution is -2.27. The topological polar surface area (TPSA) is 53.7 Å². The van der Waals surface area contributed by atoms with E-state index in [9.17, 15) is 9.90 Å². The van der Waals surface area contributed by atoms with Gasteiger partial charge in [-0.05, 0) is 18.8 Å². The van der Waals surface area contributed by atoms with Crippen molar-refractivity contribution in [2.75, 3.05) is 18.8 Å². The molecule has 0 bridgehead atoms. The zero-order valence-corrected chi connectivity index (χ0v) is 12.5. The van der Waals surface area contributed by atoms with Crippen molar-refractivity contribution in [2.45, 2.75) is 26.1 Å². The highest BCUT2D eigenvalue weighted by molar-refractivity contribution is 7.99. The Balaban J connectivity index is 0.00000289. The van der Waals surface area contributed by atoms with E-state index in [1.165, 1.54) is 6.07 Å². The average Bonchev–Trinajstić information content (AvgIpc) is 2.33. The van der Waals surface area contributed by atoms with Crippen molar-refractivity contribution < 1.29 is 9.52 Å². The third-order valence-electron chi connectivity index (χ3n) is 2.54. The normalized spacial score (nSPS) is 12.2. The number of nitrogens with zero attached hydrogens (tertiary/aromatic N) is 1. The van der Waals surface area contributed by atoms with E-state index >= 15 is 0 Å². The lowest BCUT2D eigenvalue weighted by Gasteiger charge is -2.27. The van der Waals surface area contributed by atoms with E-state index in [0.717, 1.165) is 25.1 Å². The molecule has 0 saturated carbocycles. The molecule has 0 aliphatic heterocycles. The van der Waals surface area contributed by atoms with Gasteiger partial charge in [0.05, 0.1) is 0 Å². The van der Waals surface area contributed by atoms with Gasteiger partial charge >= 0.3 is 0 Å². The molecular formula is C12H20ClNO3S. The summed E-state index contributed by atoms with van der Waals surface area (Å²) < 4.78 is 5.33. The predicted octanol–water partition coefficient (Wildman–Crippen LogP) is 2.86. The quantitative estimate of drug-likeness (QED) is 0.817. The number of aromatic hydroxyl groups is 1. The number of rotatable bonds is 6. The molecule has 1 aromatic heterocycles. The van der Waals surface area contributed by atoms with Crippen LogP contribution in [-0.4, -0.2) is 28.8 Å². The van der Waals surface area contributed by atoms with Crippen molar-refractivity contribution in [3.8, 4) is 5.75 Å². The second-order valence-corrected chi connectivity index (χ2v) is 4.92. The maximum absolute atomic E-state index is 11.4. The van der Waals surface area contributed by atoms with Crippen LogP contribution in [0.25, 0.3) is 0 Å². The molecule has 0 aliphatic carbocycles. The van der Waals surface area contributed by atoms with Crippen LogP contribution >= 0.6 is 24.2 Å². The molecule has 1 N–H and O–H groups in total. The Hall–Kier alpha value is -0.650. The second kappa shape index (κ2) is 8.45. The molecular weight excluding hydrogens is 274 g/mol. The highest BCUT2D eigenvalue weighted by atomic mass is 35.5. The van der Waals surface area contributed by atoms with E-state index in [1.807, 2.05) is 0 Å². The summed E-state index contributed by atoms with van der Waals surface area (Å²) in [6, 6.07) is 1.38. The van der Waals surface area contributed by atoms with Crippen LogP contribution in [0.5, 0.6) is 5.75 Å². The molecule has 0 amide bonds. The van der Waals surface area contributed by atoms with Gasteiger partial charge < -0.3 is 9.52 Å². The summed E-state index contributed by atoms with van der Waals surface area (Å²) in [5.41, 5.74) is -0.389. The van der Waals surface area contributed by atoms with E-state index in [1.54, 1.807) is 11.8 Å². The van der Waals surface area contributed by atoms with E-state index in [-0.39, 0.29) is 29.0 Å². The fourth-order valence-electron chi connectivity index (χ4n) is 1.63. The van der Waals surface area contributed by atoms with Crippen LogP contribution in [0.1, 0.15) is 31.9 Å². The van der Waals surface area contributed by atoms with E-state index in [2.05, 4.69) is 25.7 Å². The number of thioether (sulfide) groups is 1. The number of hydrogen-bond donors (Lipinski definition) is 1. The van der Waals surface area contributed by atoms with Crippen LogP contribution in [0.4, 0.5) is 0 Å². The maximum Gasteiger partial charge on any atom is 0.226 e. The molecule has 0 fully saturated rings. The van der Waals surface area contributed by atoms with Crippen LogP contribution in [0, 0.1) is 0 Å². The van der Waals surface area contributed by atoms with Crippen LogP contribution in [0.2, 0.25) is 0 Å². The Morgan fingerprint density at radius 3 is 2.44 bits per heavy atom. The first-order valence-corrected chi connectivity index (χ1v) is 6.86. The van der Waals surface area contributed by atoms with Gasteiger partial charge in [-0.2, -0.15) is 0 Å². The van der Waals surface area contributed by atoms with Crippen molar-refractivity contribution in [2.24, 2.45) is 0 Å². The summed E-state index contributed by atoms with van der Waals surface area (Å²) in [7, 11) is 0. The van der Waals surface area contributed by atoms with Crippen molar-refractivity contribution in [3.05, 3.63) is 28.3 Å². The lowest BCUT2D eigenvalue weighted by molar-refractivity contribution is 0.255. The lowest BCUT2D eigenvalue weighted by atomic mass is 10.3. The Kier molecular flexibility index (Phi) is 8.15. The fraction of sp³-hybridized carbons (Fsp3) is 0.583. The van der Waals surface area contributed by atoms with E-state index in [0.29, 0.717) is 5.76 Å². The largest absolute Gasteiger partial charge is 0.502 e. The molecule has 104 valence electrons. The van der Waals surface area contributed by atoms with Crippen molar-refractivity contribution in [3.63, 3.8) is 0 Å². The smallest absolute Gasteiger partial charge is 0.226 e. The van der Waals surface area contributed by atoms with Crippen LogP contribution < -0.4 is 5.43 Å². The average molecular weight is 294 g/mol. The van der Waals surface area contributed by atoms with E-state index in [4.69, 9.17) is 4.42 Å². The Bertz CT molecular complexity index is 407. The third-order valence-corrected chi connectivity index (χ3v) is 3.72. The summed E-state index contributed by atoms with van der Waals surface area (Å²) in [4.78, 5) is 13.6. The summed E-state index contributed by atoms with van der Waals surface area (Å²) >= 11 is 1.71. The molecule has 6 heteroatoms. The van der Waals surface area contributed by atoms with Crippen LogP contribution in [0.3, 0.4) is 0 Å². The number of hydrogen-bond acceptors (Lipinski definition) is 5. The molecule has 18 heavy (non-hydrogen) atoms. The number of halogens is 1. The summed E-state index contributed by atoms with van der Waals surface area (Å²) in [6.45, 7) is 7.99. The standard InChI is InChI=1S/C12H19NO3S.ClH/c1-4-13(5-2)12(17-6-3)11-7-9(14)10(15)8-16-11;/h7-8,12,15H,4-6H2,1-3H3;1H. The highest BCUT2D eigenvalue weighted by Crippen LogP contribution is 2.31. The van der Waals surface area contributed by atoms with Gasteiger partial charge in [0.2, 0.25) is 5.43 Å². The van der Waals surface area contributed by atoms with Crippen LogP contribution in [-0.2, 0) is 0 Å². The highest BCUT2D eigenvalue weighted by Gasteiger charge is 2.20. The first-order valence-electron chi connectivity index (χ1n) is 5.81. The summed E-state index contributed by atoms with van der Waals surface area (Å²) in [5, 5.41) is 9.21. The minimum Gasteiger partial charge on any atom is -0.502 e. The van der Waals surface area contributed by atoms with Crippen LogP contribution in [0.15, 0.2) is 21.5 Å². The van der Waals surface area contributed by atoms with Gasteiger partial charge in [0.15, 0.2) is 5.75 Å². The van der Waals surface area contributed by atoms with Crippen molar-refractivity contribution in [1.29, 1.82) is 0 Å². The first-order chi connectivity index (χ1) is 8.13. The molecule has 1 unspecified atom stereocenters. The van der Waals surface area contributed by atoms with E-state index < -0.39 is 0 Å². The molecule has 0 radical (unpaired) electrons. The predicted molar refractivity (Wildman–Crippen MR) is 77.7 cm³/mol. The van der Waals surface area contributed by atoms with Gasteiger partial charge in [-0.25, -0.2) is 0 Å². The van der Waals surface area contributed by atoms with Crippen molar-refractivity contribution >= 4 is 24.2 Å². The summed E-state index contributed by atoms with van der Waals surface area (Å²) in [6.07, 6.45) is 1.12. The van der Waals surface area contributed by atoms with Gasteiger partial charge in [0.25, 0.3) is 0 Å². The van der Waals surface area contributed by atoms with Gasteiger partial charge in [-0.15, -0.1) is 24.2 Å². The summed E-state index contributed by atoms with van der Waals surface area (Å²) in [5.74, 6) is 1.20. The monoisotopic (exact) mass is 293 g/mol. The molecule has 0 aliphatic rings. The zero-order valence-electron chi connectivity index (χ0n) is 10.9. The molecule has 0 aromatic carbocycles. The molecule has 0 spiro atoms. The minimum absolute atomic E-state index is 0. The van der Waals surface area contributed by atoms with Gasteiger partial charge in [0.1, 0.15) is 17.4 Å². The maximum atomic E-state index is 11.4. The minimum atomic E-state index is -0.389. The van der Waals surface area contributed by atoms with Gasteiger partial charge in [-0.1, -0.05) is 20.8 Å². The molecule has 1 atom stereocenters. The van der Waals surface area contributed by atoms with Gasteiger partial charge in [0, 0.05) is 6.07 Å². The van der Waals surface area contributed by atoms with Gasteiger partial charge in [-0.3, -0.25) is 9.69 Å². The first kappa shape index (κ1) is 17.4. The molecule has 1 aromatic rings. The Morgan fingerprint density at radius 2 is 2.00 bits per heavy atom. The molecule has 0 saturated heterocycles. The molecule has 1 heterocycles. The molecule has 1 rings (SSSR count). The Morgan fingerprint density at radius 1 is 1.39 bits per heavy atom. The Labute approximate surface area is 118 Å². The second-order valence-electron chi connectivity index (χ2n) is 3.56. The third kappa shape index (κ3) is 4.23. The zero-order chi connectivity index (χ0) is 12.8. The fourth-order valence-corrected chi connectivity index (χ4v) is 2.74. The SMILES string of the molecule is CCSC(c1cc(=O)c(O)co1)N(CC)CC.Cl.